The van der Waals surface area contributed by atoms with Gasteiger partial charge in [-0.15, -0.1) is 0 Å². The van der Waals surface area contributed by atoms with Gasteiger partial charge in [-0.1, -0.05) is 32.0 Å². The van der Waals surface area contributed by atoms with E-state index in [2.05, 4.69) is 31.3 Å². The van der Waals surface area contributed by atoms with Gasteiger partial charge < -0.3 is 15.3 Å². The lowest BCUT2D eigenvalue weighted by Crippen LogP contribution is -2.49. The SMILES string of the molecule is CCc1cccc(CC)c1NC(=O)N1CCCC1C(C)(C)O. The van der Waals surface area contributed by atoms with Crippen molar-refractivity contribution >= 4 is 11.7 Å². The highest BCUT2D eigenvalue weighted by atomic mass is 16.3. The molecule has 0 saturated carbocycles. The zero-order valence-electron chi connectivity index (χ0n) is 14.1. The quantitative estimate of drug-likeness (QED) is 0.893. The van der Waals surface area contributed by atoms with Gasteiger partial charge in [0.05, 0.1) is 11.6 Å². The van der Waals surface area contributed by atoms with E-state index in [1.807, 2.05) is 6.07 Å². The Hall–Kier alpha value is -1.55. The molecule has 0 radical (unpaired) electrons. The zero-order chi connectivity index (χ0) is 16.3. The molecule has 1 fully saturated rings. The van der Waals surface area contributed by atoms with Crippen molar-refractivity contribution in [1.29, 1.82) is 0 Å². The first-order valence-electron chi connectivity index (χ1n) is 8.29. The summed E-state index contributed by atoms with van der Waals surface area (Å²) in [6, 6.07) is 5.95. The maximum atomic E-state index is 12.7. The minimum atomic E-state index is -0.869. The molecule has 22 heavy (non-hydrogen) atoms. The number of carbonyl (C=O) groups excluding carboxylic acids is 1. The summed E-state index contributed by atoms with van der Waals surface area (Å²) in [4.78, 5) is 14.5. The van der Waals surface area contributed by atoms with Crippen LogP contribution in [0, 0.1) is 0 Å². The summed E-state index contributed by atoms with van der Waals surface area (Å²) < 4.78 is 0. The Morgan fingerprint density at radius 3 is 2.41 bits per heavy atom. The van der Waals surface area contributed by atoms with Crippen LogP contribution in [-0.4, -0.2) is 34.2 Å². The third kappa shape index (κ3) is 3.43. The number of nitrogens with zero attached hydrogens (tertiary/aromatic N) is 1. The zero-order valence-corrected chi connectivity index (χ0v) is 14.1. The monoisotopic (exact) mass is 304 g/mol. The Morgan fingerprint density at radius 1 is 1.32 bits per heavy atom. The van der Waals surface area contributed by atoms with Gasteiger partial charge in [0.15, 0.2) is 0 Å². The molecule has 0 aliphatic carbocycles. The highest BCUT2D eigenvalue weighted by molar-refractivity contribution is 5.91. The molecule has 4 nitrogen and oxygen atoms in total. The maximum Gasteiger partial charge on any atom is 0.322 e. The molecule has 1 saturated heterocycles. The normalized spacial score (nSPS) is 18.6. The molecule has 2 amide bonds. The summed E-state index contributed by atoms with van der Waals surface area (Å²) in [6.45, 7) is 8.46. The fourth-order valence-electron chi connectivity index (χ4n) is 3.33. The van der Waals surface area contributed by atoms with E-state index in [0.717, 1.165) is 42.5 Å². The maximum absolute atomic E-state index is 12.7. The Bertz CT molecular complexity index is 512. The number of amides is 2. The molecule has 0 aromatic heterocycles. The summed E-state index contributed by atoms with van der Waals surface area (Å²) in [5.41, 5.74) is 2.39. The second-order valence-corrected chi connectivity index (χ2v) is 6.59. The minimum Gasteiger partial charge on any atom is -0.388 e. The number of likely N-dealkylation sites (tertiary alicyclic amines) is 1. The van der Waals surface area contributed by atoms with E-state index < -0.39 is 5.60 Å². The lowest BCUT2D eigenvalue weighted by atomic mass is 9.97. The van der Waals surface area contributed by atoms with Crippen molar-refractivity contribution in [2.45, 2.75) is 65.0 Å². The molecule has 0 bridgehead atoms. The largest absolute Gasteiger partial charge is 0.388 e. The standard InChI is InChI=1S/C18H28N2O2/c1-5-13-9-7-10-14(6-2)16(13)19-17(21)20-12-8-11-15(20)18(3,4)22/h7,9-10,15,22H,5-6,8,11-12H2,1-4H3,(H,19,21). The van der Waals surface area contributed by atoms with Gasteiger partial charge in [0.2, 0.25) is 0 Å². The van der Waals surface area contributed by atoms with Gasteiger partial charge >= 0.3 is 6.03 Å². The van der Waals surface area contributed by atoms with Crippen molar-refractivity contribution in [3.05, 3.63) is 29.3 Å². The molecule has 1 heterocycles. The summed E-state index contributed by atoms with van der Waals surface area (Å²) in [5.74, 6) is 0. The fraction of sp³-hybridized carbons (Fsp3) is 0.611. The highest BCUT2D eigenvalue weighted by Crippen LogP contribution is 2.29. The predicted molar refractivity (Wildman–Crippen MR) is 90.2 cm³/mol. The average Bonchev–Trinajstić information content (AvgIpc) is 2.97. The second-order valence-electron chi connectivity index (χ2n) is 6.59. The number of aliphatic hydroxyl groups is 1. The molecule has 122 valence electrons. The first-order chi connectivity index (χ1) is 10.4. The Labute approximate surface area is 133 Å². The van der Waals surface area contributed by atoms with E-state index in [-0.39, 0.29) is 12.1 Å². The van der Waals surface area contributed by atoms with Crippen LogP contribution in [0.3, 0.4) is 0 Å². The fourth-order valence-corrected chi connectivity index (χ4v) is 3.33. The summed E-state index contributed by atoms with van der Waals surface area (Å²) in [6.07, 6.45) is 3.57. The average molecular weight is 304 g/mol. The number of anilines is 1. The van der Waals surface area contributed by atoms with Crippen molar-refractivity contribution in [3.63, 3.8) is 0 Å². The van der Waals surface area contributed by atoms with Crippen LogP contribution in [0.1, 0.15) is 51.7 Å². The lowest BCUT2D eigenvalue weighted by molar-refractivity contribution is 0.0117. The molecule has 0 spiro atoms. The van der Waals surface area contributed by atoms with Crippen molar-refractivity contribution in [1.82, 2.24) is 4.90 Å². The van der Waals surface area contributed by atoms with Crippen molar-refractivity contribution in [2.24, 2.45) is 0 Å². The molecule has 1 aliphatic rings. The van der Waals surface area contributed by atoms with E-state index in [9.17, 15) is 9.90 Å². The summed E-state index contributed by atoms with van der Waals surface area (Å²) in [7, 11) is 0. The molecule has 2 N–H and O–H groups in total. The van der Waals surface area contributed by atoms with Crippen molar-refractivity contribution in [2.75, 3.05) is 11.9 Å². The molecular weight excluding hydrogens is 276 g/mol. The van der Waals surface area contributed by atoms with Gasteiger partial charge in [-0.2, -0.15) is 0 Å². The van der Waals surface area contributed by atoms with Crippen LogP contribution in [0.2, 0.25) is 0 Å². The van der Waals surface area contributed by atoms with Crippen LogP contribution in [0.4, 0.5) is 10.5 Å². The molecule has 1 atom stereocenters. The van der Waals surface area contributed by atoms with Crippen LogP contribution >= 0.6 is 0 Å². The van der Waals surface area contributed by atoms with E-state index >= 15 is 0 Å². The first-order valence-corrected chi connectivity index (χ1v) is 8.29. The number of benzene rings is 1. The van der Waals surface area contributed by atoms with Crippen LogP contribution in [0.15, 0.2) is 18.2 Å². The molecule has 2 rings (SSSR count). The topological polar surface area (TPSA) is 52.6 Å². The van der Waals surface area contributed by atoms with Gasteiger partial charge in [0.1, 0.15) is 0 Å². The second kappa shape index (κ2) is 6.69. The molecule has 4 heteroatoms. The predicted octanol–water partition coefficient (Wildman–Crippen LogP) is 3.58. The smallest absolute Gasteiger partial charge is 0.322 e. The molecule has 1 aromatic rings. The van der Waals surface area contributed by atoms with Gasteiger partial charge in [-0.05, 0) is 50.7 Å². The molecule has 1 unspecified atom stereocenters. The number of carbonyl (C=O) groups is 1. The third-order valence-corrected chi connectivity index (χ3v) is 4.56. The molecule has 1 aliphatic heterocycles. The van der Waals surface area contributed by atoms with Gasteiger partial charge in [0.25, 0.3) is 0 Å². The van der Waals surface area contributed by atoms with Gasteiger partial charge in [-0.3, -0.25) is 0 Å². The number of hydrogen-bond donors (Lipinski definition) is 2. The third-order valence-electron chi connectivity index (χ3n) is 4.56. The van der Waals surface area contributed by atoms with E-state index in [0.29, 0.717) is 6.54 Å². The number of para-hydroxylation sites is 1. The Balaban J connectivity index is 2.22. The summed E-state index contributed by atoms with van der Waals surface area (Å²) in [5, 5.41) is 13.4. The van der Waals surface area contributed by atoms with E-state index in [1.54, 1.807) is 18.7 Å². The van der Waals surface area contributed by atoms with Gasteiger partial charge in [0, 0.05) is 12.2 Å². The Morgan fingerprint density at radius 2 is 1.91 bits per heavy atom. The summed E-state index contributed by atoms with van der Waals surface area (Å²) >= 11 is 0. The molecule has 1 aromatic carbocycles. The number of hydrogen-bond acceptors (Lipinski definition) is 2. The van der Waals surface area contributed by atoms with Gasteiger partial charge in [-0.25, -0.2) is 4.79 Å². The van der Waals surface area contributed by atoms with Crippen LogP contribution in [0.25, 0.3) is 0 Å². The van der Waals surface area contributed by atoms with Crippen LogP contribution in [-0.2, 0) is 12.8 Å². The highest BCUT2D eigenvalue weighted by Gasteiger charge is 2.38. The number of urea groups is 1. The van der Waals surface area contributed by atoms with E-state index in [1.165, 1.54) is 0 Å². The van der Waals surface area contributed by atoms with E-state index in [4.69, 9.17) is 0 Å². The molecular formula is C18H28N2O2. The minimum absolute atomic E-state index is 0.0970. The first kappa shape index (κ1) is 16.8. The van der Waals surface area contributed by atoms with Crippen molar-refractivity contribution in [3.8, 4) is 0 Å². The number of nitrogens with one attached hydrogen (secondary N) is 1. The Kier molecular flexibility index (Phi) is 5.12. The lowest BCUT2D eigenvalue weighted by Gasteiger charge is -2.34. The number of rotatable bonds is 4. The van der Waals surface area contributed by atoms with Crippen LogP contribution < -0.4 is 5.32 Å². The van der Waals surface area contributed by atoms with Crippen molar-refractivity contribution < 1.29 is 9.90 Å². The van der Waals surface area contributed by atoms with Crippen LogP contribution in [0.5, 0.6) is 0 Å². The number of aryl methyl sites for hydroxylation is 2.